The molecule has 0 amide bonds. The van der Waals surface area contributed by atoms with Gasteiger partial charge in [-0.1, -0.05) is 18.2 Å². The molecule has 1 aromatic heterocycles. The summed E-state index contributed by atoms with van der Waals surface area (Å²) >= 11 is 0. The number of hydrogen-bond donors (Lipinski definition) is 1. The fourth-order valence-electron chi connectivity index (χ4n) is 2.85. The molecule has 2 unspecified atom stereocenters. The average Bonchev–Trinajstić information content (AvgIpc) is 2.59. The lowest BCUT2D eigenvalue weighted by Crippen LogP contribution is -2.51. The maximum absolute atomic E-state index is 10.5. The summed E-state index contributed by atoms with van der Waals surface area (Å²) in [5.41, 5.74) is 1.25. The van der Waals surface area contributed by atoms with Crippen LogP contribution in [0.3, 0.4) is 0 Å². The normalized spacial score (nSPS) is 20.4. The van der Waals surface area contributed by atoms with Crippen LogP contribution >= 0.6 is 0 Å². The Morgan fingerprint density at radius 3 is 2.80 bits per heavy atom. The Labute approximate surface area is 140 Å². The molecule has 9 heteroatoms. The van der Waals surface area contributed by atoms with Crippen LogP contribution in [0, 0.1) is 5.92 Å². The van der Waals surface area contributed by atoms with E-state index in [0.717, 1.165) is 24.7 Å². The quantitative estimate of drug-likeness (QED) is 0.711. The number of fused-ring (bicyclic) bond motifs is 4. The van der Waals surface area contributed by atoms with Crippen molar-refractivity contribution in [1.29, 1.82) is 0 Å². The SMILES string of the molecule is O=C([O-])C(F)(F)F.c1ccc2c(c1)OCC1C[n+]3ccncc3NC21. The minimum absolute atomic E-state index is 0.333. The minimum atomic E-state index is -5.19. The Morgan fingerprint density at radius 2 is 2.08 bits per heavy atom. The van der Waals surface area contributed by atoms with Crippen molar-refractivity contribution < 1.29 is 32.4 Å². The van der Waals surface area contributed by atoms with Crippen LogP contribution in [0.25, 0.3) is 0 Å². The number of para-hydroxylation sites is 1. The maximum atomic E-state index is 10.5. The summed E-state index contributed by atoms with van der Waals surface area (Å²) in [7, 11) is 0. The molecule has 3 heterocycles. The summed E-state index contributed by atoms with van der Waals surface area (Å²) in [5.74, 6) is -0.452. The highest BCUT2D eigenvalue weighted by Crippen LogP contribution is 2.38. The van der Waals surface area contributed by atoms with Gasteiger partial charge in [-0.25, -0.2) is 4.57 Å². The van der Waals surface area contributed by atoms with Crippen LogP contribution < -0.4 is 19.7 Å². The van der Waals surface area contributed by atoms with Gasteiger partial charge in [0, 0.05) is 5.56 Å². The monoisotopic (exact) mass is 353 g/mol. The van der Waals surface area contributed by atoms with Gasteiger partial charge < -0.3 is 14.6 Å². The summed E-state index contributed by atoms with van der Waals surface area (Å²) in [5, 5.41) is 12.4. The van der Waals surface area contributed by atoms with Crippen LogP contribution in [0.5, 0.6) is 5.75 Å². The zero-order valence-corrected chi connectivity index (χ0v) is 12.9. The molecule has 0 spiro atoms. The lowest BCUT2D eigenvalue weighted by atomic mass is 9.89. The van der Waals surface area contributed by atoms with E-state index >= 15 is 0 Å². The van der Waals surface area contributed by atoms with Gasteiger partial charge in [0.1, 0.15) is 36.7 Å². The Bertz CT molecular complexity index is 782. The highest BCUT2D eigenvalue weighted by Gasteiger charge is 2.39. The van der Waals surface area contributed by atoms with Crippen LogP contribution in [0.4, 0.5) is 19.0 Å². The predicted molar refractivity (Wildman–Crippen MR) is 77.3 cm³/mol. The zero-order chi connectivity index (χ0) is 18.0. The molecule has 6 nitrogen and oxygen atoms in total. The first-order chi connectivity index (χ1) is 11.9. The lowest BCUT2D eigenvalue weighted by molar-refractivity contribution is -0.695. The number of hydrogen-bond acceptors (Lipinski definition) is 5. The molecule has 2 aliphatic heterocycles. The third-order valence-electron chi connectivity index (χ3n) is 3.98. The van der Waals surface area contributed by atoms with Gasteiger partial charge in [-0.15, -0.1) is 0 Å². The van der Waals surface area contributed by atoms with Crippen molar-refractivity contribution in [3.63, 3.8) is 0 Å². The van der Waals surface area contributed by atoms with E-state index in [1.807, 2.05) is 30.7 Å². The number of alkyl halides is 3. The molecule has 0 fully saturated rings. The van der Waals surface area contributed by atoms with E-state index in [2.05, 4.69) is 27.0 Å². The van der Waals surface area contributed by atoms with Crippen molar-refractivity contribution in [2.75, 3.05) is 11.9 Å². The van der Waals surface area contributed by atoms with Crippen LogP contribution in [0.15, 0.2) is 42.9 Å². The second-order valence-electron chi connectivity index (χ2n) is 5.63. The topological polar surface area (TPSA) is 78.2 Å². The number of anilines is 1. The molecule has 2 aromatic rings. The smallest absolute Gasteiger partial charge is 0.430 e. The number of carboxylic acids is 1. The first-order valence-electron chi connectivity index (χ1n) is 7.46. The number of carbonyl (C=O) groups is 1. The van der Waals surface area contributed by atoms with Crippen molar-refractivity contribution in [3.05, 3.63) is 48.4 Å². The summed E-state index contributed by atoms with van der Waals surface area (Å²) < 4.78 is 39.6. The molecule has 0 aliphatic carbocycles. The second-order valence-corrected chi connectivity index (χ2v) is 5.63. The zero-order valence-electron chi connectivity index (χ0n) is 12.9. The van der Waals surface area contributed by atoms with Gasteiger partial charge in [-0.3, -0.25) is 10.3 Å². The molecular formula is C16H14F3N3O3. The van der Waals surface area contributed by atoms with Gasteiger partial charge in [0.05, 0.1) is 18.7 Å². The minimum Gasteiger partial charge on any atom is -0.542 e. The Morgan fingerprint density at radius 1 is 1.36 bits per heavy atom. The summed E-state index contributed by atoms with van der Waals surface area (Å²) in [6, 6.07) is 8.61. The molecule has 0 bridgehead atoms. The summed E-state index contributed by atoms with van der Waals surface area (Å²) in [6.45, 7) is 1.74. The summed E-state index contributed by atoms with van der Waals surface area (Å²) in [6.07, 6.45) is 0.524. The van der Waals surface area contributed by atoms with E-state index < -0.39 is 12.1 Å². The van der Waals surface area contributed by atoms with Gasteiger partial charge >= 0.3 is 6.18 Å². The molecule has 1 N–H and O–H groups in total. The Hall–Kier alpha value is -2.84. The number of rotatable bonds is 0. The standard InChI is InChI=1S/C14H13N3O.C2HF3O2/c1-2-4-12-11(3-1)14-10(9-18-12)8-17-6-5-15-7-13(17)16-14;3-2(4,5)1(6)7/h1-7,10,14H,8-9H2;(H,6,7). The van der Waals surface area contributed by atoms with Gasteiger partial charge in [-0.2, -0.15) is 13.2 Å². The molecular weight excluding hydrogens is 339 g/mol. The molecule has 25 heavy (non-hydrogen) atoms. The highest BCUT2D eigenvalue weighted by atomic mass is 19.4. The molecule has 0 saturated heterocycles. The third kappa shape index (κ3) is 3.65. The van der Waals surface area contributed by atoms with E-state index in [1.165, 1.54) is 5.56 Å². The van der Waals surface area contributed by atoms with Crippen molar-refractivity contribution in [2.24, 2.45) is 5.92 Å². The van der Waals surface area contributed by atoms with Crippen molar-refractivity contribution >= 4 is 11.8 Å². The molecule has 1 aromatic carbocycles. The Balaban J connectivity index is 0.000000225. The van der Waals surface area contributed by atoms with E-state index in [9.17, 15) is 13.2 Å². The predicted octanol–water partition coefficient (Wildman–Crippen LogP) is 0.843. The third-order valence-corrected chi connectivity index (χ3v) is 3.98. The lowest BCUT2D eigenvalue weighted by Gasteiger charge is -2.34. The summed E-state index contributed by atoms with van der Waals surface area (Å²) in [4.78, 5) is 13.0. The van der Waals surface area contributed by atoms with Gasteiger partial charge in [-0.05, 0) is 6.07 Å². The fourth-order valence-corrected chi connectivity index (χ4v) is 2.85. The number of halogens is 3. The maximum Gasteiger partial charge on any atom is 0.430 e. The number of carbonyl (C=O) groups excluding carboxylic acids is 1. The number of aliphatic carboxylic acids is 1. The molecule has 132 valence electrons. The average molecular weight is 353 g/mol. The largest absolute Gasteiger partial charge is 0.542 e. The molecule has 0 radical (unpaired) electrons. The van der Waals surface area contributed by atoms with Gasteiger partial charge in [0.2, 0.25) is 0 Å². The van der Waals surface area contributed by atoms with Crippen molar-refractivity contribution in [3.8, 4) is 5.75 Å². The van der Waals surface area contributed by atoms with E-state index in [4.69, 9.17) is 14.6 Å². The van der Waals surface area contributed by atoms with Crippen LogP contribution in [0.1, 0.15) is 11.6 Å². The number of benzene rings is 1. The number of aromatic nitrogens is 2. The molecule has 0 saturated carbocycles. The van der Waals surface area contributed by atoms with Crippen molar-refractivity contribution in [1.82, 2.24) is 4.98 Å². The van der Waals surface area contributed by atoms with Crippen molar-refractivity contribution in [2.45, 2.75) is 18.8 Å². The first kappa shape index (κ1) is 17.0. The van der Waals surface area contributed by atoms with Crippen LogP contribution in [-0.4, -0.2) is 23.7 Å². The number of carboxylic acid groups (broad SMARTS) is 1. The van der Waals surface area contributed by atoms with Gasteiger partial charge in [0.25, 0.3) is 5.82 Å². The number of ether oxygens (including phenoxy) is 1. The van der Waals surface area contributed by atoms with Crippen LogP contribution in [0.2, 0.25) is 0 Å². The van der Waals surface area contributed by atoms with E-state index in [1.54, 1.807) is 0 Å². The fraction of sp³-hybridized carbons (Fsp3) is 0.312. The van der Waals surface area contributed by atoms with Crippen LogP contribution in [-0.2, 0) is 11.3 Å². The Kier molecular flexibility index (Phi) is 4.47. The van der Waals surface area contributed by atoms with E-state index in [0.29, 0.717) is 12.0 Å². The molecule has 2 atom stereocenters. The number of nitrogens with one attached hydrogen (secondary N) is 1. The number of nitrogens with zero attached hydrogens (tertiary/aromatic N) is 2. The van der Waals surface area contributed by atoms with E-state index in [-0.39, 0.29) is 0 Å². The molecule has 2 aliphatic rings. The van der Waals surface area contributed by atoms with Gasteiger partial charge in [0.15, 0.2) is 0 Å². The highest BCUT2D eigenvalue weighted by molar-refractivity contribution is 5.70. The second kappa shape index (κ2) is 6.58. The first-order valence-corrected chi connectivity index (χ1v) is 7.46. The molecule has 4 rings (SSSR count).